The normalized spacial score (nSPS) is 10.9. The van der Waals surface area contributed by atoms with Crippen LogP contribution < -0.4 is 13.6 Å². The molecule has 0 heterocycles. The molecule has 0 amide bonds. The van der Waals surface area contributed by atoms with Crippen LogP contribution in [0.2, 0.25) is 0 Å². The van der Waals surface area contributed by atoms with E-state index in [9.17, 15) is 0 Å². The third kappa shape index (κ3) is 4.60. The molecule has 0 aliphatic rings. The summed E-state index contributed by atoms with van der Waals surface area (Å²) in [4.78, 5) is 0. The van der Waals surface area contributed by atoms with Gasteiger partial charge in [-0.05, 0) is 43.3 Å². The molecule has 0 spiro atoms. The van der Waals surface area contributed by atoms with E-state index in [2.05, 4.69) is 0 Å². The number of rotatable bonds is 6. The first-order chi connectivity index (χ1) is 11.6. The number of benzene rings is 3. The molecule has 3 aromatic carbocycles. The van der Waals surface area contributed by atoms with Gasteiger partial charge in [-0.1, -0.05) is 54.1 Å². The molecule has 0 saturated heterocycles. The molecular formula is C19H17O3PS. The second-order valence-electron chi connectivity index (χ2n) is 5.16. The van der Waals surface area contributed by atoms with Gasteiger partial charge in [-0.15, -0.1) is 0 Å². The van der Waals surface area contributed by atoms with Crippen molar-refractivity contribution in [3.8, 4) is 17.2 Å². The van der Waals surface area contributed by atoms with E-state index in [1.54, 1.807) is 0 Å². The van der Waals surface area contributed by atoms with Crippen LogP contribution in [0.1, 0.15) is 5.56 Å². The monoisotopic (exact) mass is 356 g/mol. The first-order valence-electron chi connectivity index (χ1n) is 7.49. The molecule has 0 aliphatic carbocycles. The van der Waals surface area contributed by atoms with Gasteiger partial charge >= 0.3 is 6.72 Å². The maximum atomic E-state index is 5.95. The van der Waals surface area contributed by atoms with Crippen molar-refractivity contribution < 1.29 is 13.6 Å². The van der Waals surface area contributed by atoms with Crippen molar-refractivity contribution in [2.24, 2.45) is 0 Å². The molecule has 0 radical (unpaired) electrons. The van der Waals surface area contributed by atoms with Crippen molar-refractivity contribution >= 4 is 18.5 Å². The van der Waals surface area contributed by atoms with E-state index >= 15 is 0 Å². The zero-order valence-electron chi connectivity index (χ0n) is 13.2. The highest BCUT2D eigenvalue weighted by molar-refractivity contribution is 8.08. The summed E-state index contributed by atoms with van der Waals surface area (Å²) in [5.41, 5.74) is 1.14. The Morgan fingerprint density at radius 2 is 0.958 bits per heavy atom. The molecule has 0 fully saturated rings. The summed E-state index contributed by atoms with van der Waals surface area (Å²) in [6.07, 6.45) is 0. The molecule has 5 heteroatoms. The predicted octanol–water partition coefficient (Wildman–Crippen LogP) is 5.76. The zero-order chi connectivity index (χ0) is 16.8. The van der Waals surface area contributed by atoms with Crippen LogP contribution in [0.3, 0.4) is 0 Å². The second-order valence-corrected chi connectivity index (χ2v) is 7.94. The van der Waals surface area contributed by atoms with Crippen LogP contribution in [0.25, 0.3) is 0 Å². The molecule has 0 unspecified atom stereocenters. The van der Waals surface area contributed by atoms with E-state index in [4.69, 9.17) is 25.4 Å². The molecule has 0 saturated carbocycles. The molecule has 3 rings (SSSR count). The summed E-state index contributed by atoms with van der Waals surface area (Å²) in [6, 6.07) is 26.3. The van der Waals surface area contributed by atoms with Crippen LogP contribution in [0.4, 0.5) is 0 Å². The fraction of sp³-hybridized carbons (Fsp3) is 0.0526. The Morgan fingerprint density at radius 1 is 0.583 bits per heavy atom. The lowest BCUT2D eigenvalue weighted by Gasteiger charge is -2.23. The molecule has 122 valence electrons. The summed E-state index contributed by atoms with van der Waals surface area (Å²) in [5, 5.41) is 0. The maximum Gasteiger partial charge on any atom is 0.490 e. The first-order valence-corrected chi connectivity index (χ1v) is 10.0. The van der Waals surface area contributed by atoms with Gasteiger partial charge in [-0.3, -0.25) is 0 Å². The Kier molecular flexibility index (Phi) is 5.19. The molecule has 3 aromatic rings. The lowest BCUT2D eigenvalue weighted by atomic mass is 10.2. The summed E-state index contributed by atoms with van der Waals surface area (Å²) in [5.74, 6) is 1.85. The molecule has 0 N–H and O–H groups in total. The van der Waals surface area contributed by atoms with Gasteiger partial charge in [0, 0.05) is 11.8 Å². The van der Waals surface area contributed by atoms with Crippen LogP contribution in [-0.2, 0) is 11.8 Å². The smallest absolute Gasteiger partial charge is 0.407 e. The molecule has 24 heavy (non-hydrogen) atoms. The Bertz CT molecular complexity index is 775. The Morgan fingerprint density at radius 3 is 1.38 bits per heavy atom. The average molecular weight is 356 g/mol. The lowest BCUT2D eigenvalue weighted by Crippen LogP contribution is -2.07. The Balaban J connectivity index is 1.87. The van der Waals surface area contributed by atoms with Gasteiger partial charge < -0.3 is 13.6 Å². The molecule has 0 aliphatic heterocycles. The SMILES string of the molecule is Cc1ccc(OP(=S)(Oc2ccccc2)Oc2ccccc2)cc1. The van der Waals surface area contributed by atoms with E-state index in [-0.39, 0.29) is 0 Å². The predicted molar refractivity (Wildman–Crippen MR) is 100 cm³/mol. The minimum absolute atomic E-state index is 0.615. The van der Waals surface area contributed by atoms with Crippen molar-refractivity contribution in [2.75, 3.05) is 0 Å². The van der Waals surface area contributed by atoms with Crippen LogP contribution >= 0.6 is 6.72 Å². The fourth-order valence-corrected chi connectivity index (χ4v) is 4.03. The minimum Gasteiger partial charge on any atom is -0.407 e. The van der Waals surface area contributed by atoms with Crippen LogP contribution in [0, 0.1) is 6.92 Å². The first kappa shape index (κ1) is 16.6. The van der Waals surface area contributed by atoms with Gasteiger partial charge in [0.1, 0.15) is 17.2 Å². The van der Waals surface area contributed by atoms with Gasteiger partial charge in [-0.25, -0.2) is 0 Å². The molecule has 0 atom stereocenters. The minimum atomic E-state index is -3.07. The van der Waals surface area contributed by atoms with Gasteiger partial charge in [-0.2, -0.15) is 0 Å². The summed E-state index contributed by atoms with van der Waals surface area (Å²) in [7, 11) is 0. The van der Waals surface area contributed by atoms with Crippen molar-refractivity contribution in [2.45, 2.75) is 6.92 Å². The van der Waals surface area contributed by atoms with E-state index in [0.717, 1.165) is 5.56 Å². The summed E-state index contributed by atoms with van der Waals surface area (Å²) < 4.78 is 17.8. The maximum absolute atomic E-state index is 5.95. The standard InChI is InChI=1S/C19H17O3PS/c1-16-12-14-19(15-13-16)22-23(24,20-17-8-4-2-5-9-17)21-18-10-6-3-7-11-18/h2-15H,1H3. The average Bonchev–Trinajstić information content (AvgIpc) is 2.58. The van der Waals surface area contributed by atoms with Gasteiger partial charge in [0.2, 0.25) is 0 Å². The molecule has 0 bridgehead atoms. The lowest BCUT2D eigenvalue weighted by molar-refractivity contribution is 0.384. The Labute approximate surface area is 147 Å². The number of hydrogen-bond donors (Lipinski definition) is 0. The van der Waals surface area contributed by atoms with E-state index in [0.29, 0.717) is 17.2 Å². The fourth-order valence-electron chi connectivity index (χ4n) is 2.01. The van der Waals surface area contributed by atoms with Crippen LogP contribution in [-0.4, -0.2) is 0 Å². The third-order valence-corrected chi connectivity index (χ3v) is 5.13. The second kappa shape index (κ2) is 7.52. The van der Waals surface area contributed by atoms with E-state index < -0.39 is 6.72 Å². The largest absolute Gasteiger partial charge is 0.490 e. The third-order valence-electron chi connectivity index (χ3n) is 3.16. The number of aryl methyl sites for hydroxylation is 1. The van der Waals surface area contributed by atoms with Gasteiger partial charge in [0.25, 0.3) is 0 Å². The van der Waals surface area contributed by atoms with Gasteiger partial charge in [0.15, 0.2) is 0 Å². The van der Waals surface area contributed by atoms with Crippen LogP contribution in [0.5, 0.6) is 17.2 Å². The van der Waals surface area contributed by atoms with Gasteiger partial charge in [0.05, 0.1) is 0 Å². The summed E-state index contributed by atoms with van der Waals surface area (Å²) in [6.45, 7) is -1.05. The molecule has 0 aromatic heterocycles. The van der Waals surface area contributed by atoms with Crippen molar-refractivity contribution in [3.05, 3.63) is 90.5 Å². The highest BCUT2D eigenvalue weighted by atomic mass is 32.5. The zero-order valence-corrected chi connectivity index (χ0v) is 14.9. The number of para-hydroxylation sites is 2. The highest BCUT2D eigenvalue weighted by Crippen LogP contribution is 2.49. The number of hydrogen-bond acceptors (Lipinski definition) is 4. The van der Waals surface area contributed by atoms with Crippen molar-refractivity contribution in [3.63, 3.8) is 0 Å². The van der Waals surface area contributed by atoms with Crippen LogP contribution in [0.15, 0.2) is 84.9 Å². The van der Waals surface area contributed by atoms with Crippen molar-refractivity contribution in [1.29, 1.82) is 0 Å². The summed E-state index contributed by atoms with van der Waals surface area (Å²) >= 11 is 5.63. The molecular weight excluding hydrogens is 339 g/mol. The molecule has 3 nitrogen and oxygen atoms in total. The topological polar surface area (TPSA) is 27.7 Å². The van der Waals surface area contributed by atoms with E-state index in [1.165, 1.54) is 0 Å². The highest BCUT2D eigenvalue weighted by Gasteiger charge is 2.26. The Hall–Kier alpha value is -2.29. The van der Waals surface area contributed by atoms with E-state index in [1.807, 2.05) is 91.9 Å². The quantitative estimate of drug-likeness (QED) is 0.525. The van der Waals surface area contributed by atoms with Crippen molar-refractivity contribution in [1.82, 2.24) is 0 Å².